The Morgan fingerprint density at radius 2 is 1.50 bits per heavy atom. The Labute approximate surface area is 78.0 Å². The van der Waals surface area contributed by atoms with E-state index < -0.39 is 8.32 Å². The predicted molar refractivity (Wildman–Crippen MR) is 57.7 cm³/mol. The maximum Gasteiger partial charge on any atom is 0.241 e. The van der Waals surface area contributed by atoms with Crippen LogP contribution in [0.1, 0.15) is 33.6 Å². The minimum Gasteiger partial charge on any atom is -0.548 e. The van der Waals surface area contributed by atoms with Crippen molar-refractivity contribution in [3.8, 4) is 0 Å². The molecule has 0 radical (unpaired) electrons. The average Bonchev–Trinajstić information content (AvgIpc) is 1.85. The van der Waals surface area contributed by atoms with E-state index in [1.54, 1.807) is 0 Å². The standard InChI is InChI=1S/C10H22OSi/c1-7-10(8-2)9(3)11-12(4,5)6/h7-8H2,1-6H3. The fraction of sp³-hybridized carbons (Fsp3) is 0.800. The van der Waals surface area contributed by atoms with E-state index in [-0.39, 0.29) is 0 Å². The molecule has 0 aliphatic heterocycles. The van der Waals surface area contributed by atoms with Crippen LogP contribution >= 0.6 is 0 Å². The van der Waals surface area contributed by atoms with Gasteiger partial charge in [-0.05, 0) is 45.0 Å². The van der Waals surface area contributed by atoms with Gasteiger partial charge in [0.25, 0.3) is 0 Å². The fourth-order valence-corrected chi connectivity index (χ4v) is 2.34. The summed E-state index contributed by atoms with van der Waals surface area (Å²) in [6.07, 6.45) is 2.24. The molecule has 1 nitrogen and oxygen atoms in total. The zero-order valence-electron chi connectivity index (χ0n) is 9.32. The highest BCUT2D eigenvalue weighted by Gasteiger charge is 2.16. The van der Waals surface area contributed by atoms with Crippen molar-refractivity contribution < 1.29 is 4.43 Å². The van der Waals surface area contributed by atoms with Crippen LogP contribution in [-0.2, 0) is 4.43 Å². The van der Waals surface area contributed by atoms with Crippen LogP contribution in [0.2, 0.25) is 19.6 Å². The molecule has 0 heterocycles. The molecule has 0 aromatic heterocycles. The second kappa shape index (κ2) is 4.70. The van der Waals surface area contributed by atoms with Gasteiger partial charge in [0.1, 0.15) is 0 Å². The monoisotopic (exact) mass is 186 g/mol. The van der Waals surface area contributed by atoms with Crippen molar-refractivity contribution in [2.75, 3.05) is 0 Å². The van der Waals surface area contributed by atoms with Gasteiger partial charge in [-0.15, -0.1) is 0 Å². The molecule has 2 heteroatoms. The van der Waals surface area contributed by atoms with E-state index in [1.807, 2.05) is 0 Å². The summed E-state index contributed by atoms with van der Waals surface area (Å²) in [4.78, 5) is 0. The molecule has 0 saturated carbocycles. The van der Waals surface area contributed by atoms with Crippen molar-refractivity contribution in [1.82, 2.24) is 0 Å². The molecule has 0 saturated heterocycles. The van der Waals surface area contributed by atoms with Crippen molar-refractivity contribution >= 4 is 8.32 Å². The van der Waals surface area contributed by atoms with Crippen LogP contribution in [0.5, 0.6) is 0 Å². The highest BCUT2D eigenvalue weighted by Crippen LogP contribution is 2.17. The summed E-state index contributed by atoms with van der Waals surface area (Å²) in [6.45, 7) is 13.1. The van der Waals surface area contributed by atoms with Crippen LogP contribution in [0.15, 0.2) is 11.3 Å². The van der Waals surface area contributed by atoms with Crippen molar-refractivity contribution in [2.45, 2.75) is 53.3 Å². The largest absolute Gasteiger partial charge is 0.548 e. The van der Waals surface area contributed by atoms with Gasteiger partial charge in [0.2, 0.25) is 8.32 Å². The number of hydrogen-bond acceptors (Lipinski definition) is 1. The molecular formula is C10H22OSi. The summed E-state index contributed by atoms with van der Waals surface area (Å²) in [5.74, 6) is 1.17. The van der Waals surface area contributed by atoms with E-state index in [0.29, 0.717) is 0 Å². The van der Waals surface area contributed by atoms with E-state index in [4.69, 9.17) is 4.43 Å². The summed E-state index contributed by atoms with van der Waals surface area (Å²) in [6, 6.07) is 0. The lowest BCUT2D eigenvalue weighted by molar-refractivity contribution is 0.413. The summed E-state index contributed by atoms with van der Waals surface area (Å²) in [5.41, 5.74) is 1.46. The maximum atomic E-state index is 5.90. The third kappa shape index (κ3) is 4.60. The molecule has 0 spiro atoms. The molecule has 12 heavy (non-hydrogen) atoms. The molecule has 0 rings (SSSR count). The number of allylic oxidation sites excluding steroid dienone is 2. The first-order valence-electron chi connectivity index (χ1n) is 4.78. The molecule has 0 aromatic carbocycles. The summed E-state index contributed by atoms with van der Waals surface area (Å²) in [7, 11) is -1.37. The van der Waals surface area contributed by atoms with Crippen molar-refractivity contribution in [1.29, 1.82) is 0 Å². The topological polar surface area (TPSA) is 9.23 Å². The molecule has 0 unspecified atom stereocenters. The van der Waals surface area contributed by atoms with E-state index in [2.05, 4.69) is 40.4 Å². The second-order valence-electron chi connectivity index (χ2n) is 4.08. The maximum absolute atomic E-state index is 5.90. The molecular weight excluding hydrogens is 164 g/mol. The first-order valence-corrected chi connectivity index (χ1v) is 8.19. The van der Waals surface area contributed by atoms with Gasteiger partial charge < -0.3 is 4.43 Å². The summed E-state index contributed by atoms with van der Waals surface area (Å²) >= 11 is 0. The first-order chi connectivity index (χ1) is 5.40. The summed E-state index contributed by atoms with van der Waals surface area (Å²) < 4.78 is 5.90. The van der Waals surface area contributed by atoms with Gasteiger partial charge in [0.05, 0.1) is 5.76 Å². The minimum atomic E-state index is -1.37. The SMILES string of the molecule is CCC(CC)=C(C)O[Si](C)(C)C. The van der Waals surface area contributed by atoms with Gasteiger partial charge in [0.15, 0.2) is 0 Å². The molecule has 0 aliphatic carbocycles. The van der Waals surface area contributed by atoms with Crippen LogP contribution < -0.4 is 0 Å². The lowest BCUT2D eigenvalue weighted by Gasteiger charge is -2.21. The lowest BCUT2D eigenvalue weighted by atomic mass is 10.1. The van der Waals surface area contributed by atoms with E-state index >= 15 is 0 Å². The van der Waals surface area contributed by atoms with Crippen molar-refractivity contribution in [3.05, 3.63) is 11.3 Å². The van der Waals surface area contributed by atoms with E-state index in [1.165, 1.54) is 11.3 Å². The molecule has 0 aromatic rings. The smallest absolute Gasteiger partial charge is 0.241 e. The van der Waals surface area contributed by atoms with E-state index in [0.717, 1.165) is 12.8 Å². The Bertz CT molecular complexity index is 159. The minimum absolute atomic E-state index is 1.12. The molecule has 0 bridgehead atoms. The van der Waals surface area contributed by atoms with Crippen molar-refractivity contribution in [3.63, 3.8) is 0 Å². The Hall–Kier alpha value is -0.243. The van der Waals surface area contributed by atoms with Crippen LogP contribution in [0, 0.1) is 0 Å². The fourth-order valence-electron chi connectivity index (χ4n) is 1.28. The second-order valence-corrected chi connectivity index (χ2v) is 8.51. The van der Waals surface area contributed by atoms with Crippen LogP contribution in [-0.4, -0.2) is 8.32 Å². The number of hydrogen-bond donors (Lipinski definition) is 0. The van der Waals surface area contributed by atoms with Crippen LogP contribution in [0.25, 0.3) is 0 Å². The normalized spacial score (nSPS) is 11.2. The number of rotatable bonds is 4. The Morgan fingerprint density at radius 1 is 1.08 bits per heavy atom. The van der Waals surface area contributed by atoms with E-state index in [9.17, 15) is 0 Å². The van der Waals surface area contributed by atoms with Gasteiger partial charge in [-0.3, -0.25) is 0 Å². The molecule has 0 fully saturated rings. The van der Waals surface area contributed by atoms with Crippen LogP contribution in [0.3, 0.4) is 0 Å². The summed E-state index contributed by atoms with van der Waals surface area (Å²) in [5, 5.41) is 0. The quantitative estimate of drug-likeness (QED) is 0.477. The van der Waals surface area contributed by atoms with Gasteiger partial charge in [0, 0.05) is 0 Å². The van der Waals surface area contributed by atoms with Gasteiger partial charge in [-0.2, -0.15) is 0 Å². The predicted octanol–water partition coefficient (Wildman–Crippen LogP) is 3.93. The molecule has 72 valence electrons. The van der Waals surface area contributed by atoms with Gasteiger partial charge >= 0.3 is 0 Å². The molecule has 0 amide bonds. The third-order valence-corrected chi connectivity index (χ3v) is 2.73. The Kier molecular flexibility index (Phi) is 4.61. The van der Waals surface area contributed by atoms with Crippen LogP contribution in [0.4, 0.5) is 0 Å². The molecule has 0 N–H and O–H groups in total. The van der Waals surface area contributed by atoms with Gasteiger partial charge in [-0.25, -0.2) is 0 Å². The highest BCUT2D eigenvalue weighted by molar-refractivity contribution is 6.70. The zero-order valence-corrected chi connectivity index (χ0v) is 10.3. The Balaban J connectivity index is 4.34. The molecule has 0 aliphatic rings. The molecule has 0 atom stereocenters. The zero-order chi connectivity index (χ0) is 9.78. The highest BCUT2D eigenvalue weighted by atomic mass is 28.4. The van der Waals surface area contributed by atoms with Gasteiger partial charge in [-0.1, -0.05) is 13.8 Å². The average molecular weight is 186 g/mol. The third-order valence-electron chi connectivity index (χ3n) is 1.81. The Morgan fingerprint density at radius 3 is 1.75 bits per heavy atom. The van der Waals surface area contributed by atoms with Crippen molar-refractivity contribution in [2.24, 2.45) is 0 Å². The first kappa shape index (κ1) is 11.8. The lowest BCUT2D eigenvalue weighted by Crippen LogP contribution is -2.24.